The third-order valence-electron chi connectivity index (χ3n) is 4.56. The van der Waals surface area contributed by atoms with E-state index in [4.69, 9.17) is 0 Å². The van der Waals surface area contributed by atoms with Crippen LogP contribution in [0.15, 0.2) is 30.3 Å². The maximum atomic E-state index is 12.0. The largest absolute Gasteiger partial charge is 0.355 e. The molecular formula is C18H25N3O2. The Morgan fingerprint density at radius 3 is 2.39 bits per heavy atom. The molecule has 5 heteroatoms. The van der Waals surface area contributed by atoms with Crippen LogP contribution in [0.4, 0.5) is 0 Å². The third-order valence-corrected chi connectivity index (χ3v) is 4.56. The van der Waals surface area contributed by atoms with E-state index in [1.54, 1.807) is 0 Å². The average molecular weight is 315 g/mol. The predicted molar refractivity (Wildman–Crippen MR) is 88.9 cm³/mol. The minimum atomic E-state index is 0.0721. The van der Waals surface area contributed by atoms with Gasteiger partial charge in [-0.3, -0.25) is 14.5 Å². The first-order valence-corrected chi connectivity index (χ1v) is 8.54. The molecule has 0 atom stereocenters. The van der Waals surface area contributed by atoms with Gasteiger partial charge >= 0.3 is 0 Å². The number of benzene rings is 1. The summed E-state index contributed by atoms with van der Waals surface area (Å²) in [6.45, 7) is 4.21. The molecule has 2 amide bonds. The monoisotopic (exact) mass is 315 g/mol. The molecule has 1 N–H and O–H groups in total. The van der Waals surface area contributed by atoms with Crippen molar-refractivity contribution in [1.82, 2.24) is 15.1 Å². The molecule has 1 saturated heterocycles. The molecular weight excluding hydrogens is 290 g/mol. The zero-order valence-electron chi connectivity index (χ0n) is 13.5. The average Bonchev–Trinajstić information content (AvgIpc) is 3.41. The van der Waals surface area contributed by atoms with E-state index in [1.165, 1.54) is 5.56 Å². The molecule has 0 spiro atoms. The van der Waals surface area contributed by atoms with Gasteiger partial charge in [-0.1, -0.05) is 30.3 Å². The fourth-order valence-electron chi connectivity index (χ4n) is 2.96. The van der Waals surface area contributed by atoms with Gasteiger partial charge in [-0.15, -0.1) is 0 Å². The highest BCUT2D eigenvalue weighted by Crippen LogP contribution is 2.31. The Bertz CT molecular complexity index is 534. The summed E-state index contributed by atoms with van der Waals surface area (Å²) in [5.74, 6) is 0.683. The maximum Gasteiger partial charge on any atom is 0.234 e. The highest BCUT2D eigenvalue weighted by molar-refractivity contribution is 5.81. The van der Waals surface area contributed by atoms with E-state index in [2.05, 4.69) is 22.3 Å². The lowest BCUT2D eigenvalue weighted by molar-refractivity contribution is -0.134. The van der Waals surface area contributed by atoms with Gasteiger partial charge in [0.25, 0.3) is 0 Å². The molecule has 1 aliphatic heterocycles. The molecule has 5 nitrogen and oxygen atoms in total. The standard InChI is InChI=1S/C18H25N3O2/c22-17(19-9-8-15-4-2-1-3-5-15)14-20-10-12-21(13-11-20)18(23)16-6-7-16/h1-5,16H,6-14H2,(H,19,22). The molecule has 0 radical (unpaired) electrons. The van der Waals surface area contributed by atoms with Crippen LogP contribution < -0.4 is 5.32 Å². The summed E-state index contributed by atoms with van der Waals surface area (Å²) in [6.07, 6.45) is 2.97. The summed E-state index contributed by atoms with van der Waals surface area (Å²) in [7, 11) is 0. The molecule has 2 aliphatic rings. The number of amides is 2. The van der Waals surface area contributed by atoms with Gasteiger partial charge in [-0.05, 0) is 24.8 Å². The number of rotatable bonds is 6. The Kier molecular flexibility index (Phi) is 5.28. The predicted octanol–water partition coefficient (Wildman–Crippen LogP) is 0.900. The van der Waals surface area contributed by atoms with Crippen LogP contribution in [0.2, 0.25) is 0 Å². The van der Waals surface area contributed by atoms with Crippen LogP contribution in [0, 0.1) is 5.92 Å². The van der Waals surface area contributed by atoms with Crippen molar-refractivity contribution in [2.75, 3.05) is 39.3 Å². The maximum absolute atomic E-state index is 12.0. The summed E-state index contributed by atoms with van der Waals surface area (Å²) < 4.78 is 0. The number of hydrogen-bond acceptors (Lipinski definition) is 3. The molecule has 1 aliphatic carbocycles. The Hall–Kier alpha value is -1.88. The lowest BCUT2D eigenvalue weighted by atomic mass is 10.1. The Morgan fingerprint density at radius 1 is 1.04 bits per heavy atom. The number of carbonyl (C=O) groups excluding carboxylic acids is 2. The van der Waals surface area contributed by atoms with Crippen LogP contribution in [-0.4, -0.2) is 60.9 Å². The van der Waals surface area contributed by atoms with Crippen molar-refractivity contribution >= 4 is 11.8 Å². The summed E-state index contributed by atoms with van der Waals surface area (Å²) in [5.41, 5.74) is 1.24. The SMILES string of the molecule is O=C(CN1CCN(C(=O)C2CC2)CC1)NCCc1ccccc1. The minimum absolute atomic E-state index is 0.0721. The van der Waals surface area contributed by atoms with Gasteiger partial charge in [-0.2, -0.15) is 0 Å². The number of nitrogens with one attached hydrogen (secondary N) is 1. The Morgan fingerprint density at radius 2 is 1.74 bits per heavy atom. The van der Waals surface area contributed by atoms with Gasteiger partial charge < -0.3 is 10.2 Å². The van der Waals surface area contributed by atoms with Crippen molar-refractivity contribution in [3.8, 4) is 0 Å². The second-order valence-corrected chi connectivity index (χ2v) is 6.46. The summed E-state index contributed by atoms with van der Waals surface area (Å²) in [6, 6.07) is 10.2. The number of carbonyl (C=O) groups is 2. The summed E-state index contributed by atoms with van der Waals surface area (Å²) in [5, 5.41) is 2.98. The van der Waals surface area contributed by atoms with Crippen molar-refractivity contribution in [2.24, 2.45) is 5.92 Å². The van der Waals surface area contributed by atoms with Crippen molar-refractivity contribution < 1.29 is 9.59 Å². The minimum Gasteiger partial charge on any atom is -0.355 e. The van der Waals surface area contributed by atoms with Crippen molar-refractivity contribution in [3.63, 3.8) is 0 Å². The van der Waals surface area contributed by atoms with Crippen LogP contribution in [0.1, 0.15) is 18.4 Å². The normalized spacial score (nSPS) is 18.7. The summed E-state index contributed by atoms with van der Waals surface area (Å²) in [4.78, 5) is 28.1. The molecule has 0 aromatic heterocycles. The molecule has 1 aromatic rings. The van der Waals surface area contributed by atoms with Crippen LogP contribution in [0.3, 0.4) is 0 Å². The number of nitrogens with zero attached hydrogens (tertiary/aromatic N) is 2. The Labute approximate surface area is 137 Å². The van der Waals surface area contributed by atoms with Gasteiger partial charge in [-0.25, -0.2) is 0 Å². The first-order chi connectivity index (χ1) is 11.2. The van der Waals surface area contributed by atoms with Crippen LogP contribution in [0.5, 0.6) is 0 Å². The second kappa shape index (κ2) is 7.59. The molecule has 23 heavy (non-hydrogen) atoms. The van der Waals surface area contributed by atoms with E-state index in [0.717, 1.165) is 45.4 Å². The van der Waals surface area contributed by atoms with E-state index in [1.807, 2.05) is 23.1 Å². The Balaban J connectivity index is 1.32. The summed E-state index contributed by atoms with van der Waals surface area (Å²) >= 11 is 0. The molecule has 3 rings (SSSR count). The van der Waals surface area contributed by atoms with Crippen LogP contribution in [0.25, 0.3) is 0 Å². The zero-order chi connectivity index (χ0) is 16.1. The van der Waals surface area contributed by atoms with Gasteiger partial charge in [0.15, 0.2) is 0 Å². The third kappa shape index (κ3) is 4.79. The first-order valence-electron chi connectivity index (χ1n) is 8.54. The van der Waals surface area contributed by atoms with Gasteiger partial charge in [0.1, 0.15) is 0 Å². The van der Waals surface area contributed by atoms with Crippen molar-refractivity contribution in [2.45, 2.75) is 19.3 Å². The number of piperazine rings is 1. The van der Waals surface area contributed by atoms with E-state index in [9.17, 15) is 9.59 Å². The van der Waals surface area contributed by atoms with Crippen molar-refractivity contribution in [1.29, 1.82) is 0 Å². The molecule has 1 saturated carbocycles. The second-order valence-electron chi connectivity index (χ2n) is 6.46. The van der Waals surface area contributed by atoms with Gasteiger partial charge in [0, 0.05) is 38.6 Å². The smallest absolute Gasteiger partial charge is 0.234 e. The molecule has 124 valence electrons. The van der Waals surface area contributed by atoms with E-state index < -0.39 is 0 Å². The molecule has 0 bridgehead atoms. The number of hydrogen-bond donors (Lipinski definition) is 1. The molecule has 1 heterocycles. The lowest BCUT2D eigenvalue weighted by Gasteiger charge is -2.34. The quantitative estimate of drug-likeness (QED) is 0.848. The topological polar surface area (TPSA) is 52.7 Å². The molecule has 0 unspecified atom stereocenters. The van der Waals surface area contributed by atoms with Gasteiger partial charge in [0.2, 0.25) is 11.8 Å². The van der Waals surface area contributed by atoms with Crippen molar-refractivity contribution in [3.05, 3.63) is 35.9 Å². The highest BCUT2D eigenvalue weighted by Gasteiger charge is 2.34. The first kappa shape index (κ1) is 16.0. The fraction of sp³-hybridized carbons (Fsp3) is 0.556. The zero-order valence-corrected chi connectivity index (χ0v) is 13.5. The van der Waals surface area contributed by atoms with Crippen LogP contribution in [-0.2, 0) is 16.0 Å². The van der Waals surface area contributed by atoms with Crippen LogP contribution >= 0.6 is 0 Å². The lowest BCUT2D eigenvalue weighted by Crippen LogP contribution is -2.51. The van der Waals surface area contributed by atoms with Gasteiger partial charge in [0.05, 0.1) is 6.54 Å². The van der Waals surface area contributed by atoms with E-state index in [-0.39, 0.29) is 5.91 Å². The molecule has 2 fully saturated rings. The molecule has 1 aromatic carbocycles. The highest BCUT2D eigenvalue weighted by atomic mass is 16.2. The fourth-order valence-corrected chi connectivity index (χ4v) is 2.96. The van der Waals surface area contributed by atoms with E-state index in [0.29, 0.717) is 24.9 Å². The van der Waals surface area contributed by atoms with E-state index >= 15 is 0 Å².